The van der Waals surface area contributed by atoms with E-state index in [1.807, 2.05) is 30.3 Å². The standard InChI is InChI=1S/C18H19NO4/c1-3-23-17(20)18(2,13-14-7-5-4-6-8-14)15-9-11-16(12-10-15)19(21)22/h4-12H,3,13H2,1-2H3. The molecule has 0 saturated carbocycles. The van der Waals surface area contributed by atoms with Crippen LogP contribution in [0.25, 0.3) is 0 Å². The monoisotopic (exact) mass is 313 g/mol. The summed E-state index contributed by atoms with van der Waals surface area (Å²) in [6.45, 7) is 3.85. The fourth-order valence-electron chi connectivity index (χ4n) is 2.54. The number of rotatable bonds is 6. The number of ether oxygens (including phenoxy) is 1. The van der Waals surface area contributed by atoms with Gasteiger partial charge in [0.2, 0.25) is 0 Å². The molecule has 2 aromatic rings. The fourth-order valence-corrected chi connectivity index (χ4v) is 2.54. The van der Waals surface area contributed by atoms with Crippen LogP contribution in [0.5, 0.6) is 0 Å². The molecule has 0 amide bonds. The van der Waals surface area contributed by atoms with Gasteiger partial charge in [0.1, 0.15) is 0 Å². The summed E-state index contributed by atoms with van der Waals surface area (Å²) in [6.07, 6.45) is 0.463. The summed E-state index contributed by atoms with van der Waals surface area (Å²) < 4.78 is 5.24. The van der Waals surface area contributed by atoms with Crippen molar-refractivity contribution in [3.8, 4) is 0 Å². The van der Waals surface area contributed by atoms with Crippen molar-refractivity contribution in [2.45, 2.75) is 25.7 Å². The van der Waals surface area contributed by atoms with Gasteiger partial charge in [0, 0.05) is 12.1 Å². The van der Waals surface area contributed by atoms with Gasteiger partial charge in [0.25, 0.3) is 5.69 Å². The first-order chi connectivity index (χ1) is 11.0. The van der Waals surface area contributed by atoms with Gasteiger partial charge in [0.15, 0.2) is 0 Å². The van der Waals surface area contributed by atoms with Gasteiger partial charge < -0.3 is 4.74 Å². The number of non-ortho nitro benzene ring substituents is 1. The van der Waals surface area contributed by atoms with E-state index >= 15 is 0 Å². The Hall–Kier alpha value is -2.69. The van der Waals surface area contributed by atoms with Crippen molar-refractivity contribution in [3.05, 3.63) is 75.8 Å². The number of benzene rings is 2. The van der Waals surface area contributed by atoms with Crippen molar-refractivity contribution in [1.82, 2.24) is 0 Å². The third-order valence-electron chi connectivity index (χ3n) is 3.84. The van der Waals surface area contributed by atoms with Gasteiger partial charge in [0.05, 0.1) is 16.9 Å². The Bertz CT molecular complexity index is 682. The second-order valence-corrected chi connectivity index (χ2v) is 5.52. The van der Waals surface area contributed by atoms with Crippen LogP contribution in [0, 0.1) is 10.1 Å². The molecule has 0 aliphatic heterocycles. The van der Waals surface area contributed by atoms with Crippen LogP contribution < -0.4 is 0 Å². The molecule has 0 aromatic heterocycles. The Balaban J connectivity index is 2.40. The number of carbonyl (C=O) groups is 1. The second kappa shape index (κ2) is 7.05. The first-order valence-corrected chi connectivity index (χ1v) is 7.43. The molecule has 0 radical (unpaired) electrons. The molecule has 0 N–H and O–H groups in total. The van der Waals surface area contributed by atoms with Crippen LogP contribution in [-0.4, -0.2) is 17.5 Å². The summed E-state index contributed by atoms with van der Waals surface area (Å²) in [5.74, 6) is -0.335. The highest BCUT2D eigenvalue weighted by Gasteiger charge is 2.37. The first-order valence-electron chi connectivity index (χ1n) is 7.43. The topological polar surface area (TPSA) is 69.4 Å². The molecule has 0 aliphatic rings. The molecule has 2 rings (SSSR count). The van der Waals surface area contributed by atoms with Crippen molar-refractivity contribution >= 4 is 11.7 Å². The van der Waals surface area contributed by atoms with Crippen molar-refractivity contribution in [2.75, 3.05) is 6.61 Å². The number of carbonyl (C=O) groups excluding carboxylic acids is 1. The van der Waals surface area contributed by atoms with Gasteiger partial charge in [-0.1, -0.05) is 42.5 Å². The lowest BCUT2D eigenvalue weighted by atomic mass is 9.77. The fraction of sp³-hybridized carbons (Fsp3) is 0.278. The minimum absolute atomic E-state index is 0.000306. The Morgan fingerprint density at radius 2 is 1.74 bits per heavy atom. The van der Waals surface area contributed by atoms with E-state index in [1.54, 1.807) is 26.0 Å². The molecule has 2 aromatic carbocycles. The van der Waals surface area contributed by atoms with Gasteiger partial charge in [-0.3, -0.25) is 14.9 Å². The Labute approximate surface area is 135 Å². The summed E-state index contributed by atoms with van der Waals surface area (Å²) in [7, 11) is 0. The lowest BCUT2D eigenvalue weighted by molar-refractivity contribution is -0.384. The molecule has 1 unspecified atom stereocenters. The summed E-state index contributed by atoms with van der Waals surface area (Å²) in [5.41, 5.74) is 0.804. The third kappa shape index (κ3) is 3.74. The van der Waals surface area contributed by atoms with E-state index in [4.69, 9.17) is 4.74 Å². The molecule has 0 spiro atoms. The predicted octanol–water partition coefficient (Wildman–Crippen LogP) is 3.66. The minimum Gasteiger partial charge on any atom is -0.465 e. The van der Waals surface area contributed by atoms with E-state index in [1.165, 1.54) is 12.1 Å². The number of nitrogens with zero attached hydrogens (tertiary/aromatic N) is 1. The van der Waals surface area contributed by atoms with Crippen molar-refractivity contribution in [1.29, 1.82) is 0 Å². The zero-order chi connectivity index (χ0) is 16.9. The quantitative estimate of drug-likeness (QED) is 0.463. The van der Waals surface area contributed by atoms with Crippen LogP contribution in [-0.2, 0) is 21.4 Å². The summed E-state index contributed by atoms with van der Waals surface area (Å²) >= 11 is 0. The average molecular weight is 313 g/mol. The lowest BCUT2D eigenvalue weighted by Crippen LogP contribution is -2.36. The molecule has 0 aliphatic carbocycles. The zero-order valence-electron chi connectivity index (χ0n) is 13.2. The first kappa shape index (κ1) is 16.7. The SMILES string of the molecule is CCOC(=O)C(C)(Cc1ccccc1)c1ccc([N+](=O)[O-])cc1. The second-order valence-electron chi connectivity index (χ2n) is 5.52. The Morgan fingerprint density at radius 3 is 2.26 bits per heavy atom. The highest BCUT2D eigenvalue weighted by atomic mass is 16.6. The maximum absolute atomic E-state index is 12.5. The molecule has 0 bridgehead atoms. The van der Waals surface area contributed by atoms with Gasteiger partial charge >= 0.3 is 5.97 Å². The molecule has 0 saturated heterocycles. The molecule has 0 heterocycles. The molecule has 5 heteroatoms. The van der Waals surface area contributed by atoms with E-state index < -0.39 is 10.3 Å². The molecule has 23 heavy (non-hydrogen) atoms. The van der Waals surface area contributed by atoms with E-state index in [0.717, 1.165) is 5.56 Å². The minimum atomic E-state index is -0.896. The summed E-state index contributed by atoms with van der Waals surface area (Å²) in [5, 5.41) is 10.8. The molecule has 120 valence electrons. The van der Waals surface area contributed by atoms with Gasteiger partial charge in [-0.25, -0.2) is 0 Å². The highest BCUT2D eigenvalue weighted by molar-refractivity contribution is 5.83. The maximum atomic E-state index is 12.5. The van der Waals surface area contributed by atoms with E-state index in [2.05, 4.69) is 0 Å². The van der Waals surface area contributed by atoms with Crippen molar-refractivity contribution < 1.29 is 14.5 Å². The average Bonchev–Trinajstić information content (AvgIpc) is 2.56. The molecule has 0 fully saturated rings. The predicted molar refractivity (Wildman–Crippen MR) is 87.2 cm³/mol. The summed E-state index contributed by atoms with van der Waals surface area (Å²) in [4.78, 5) is 22.9. The van der Waals surface area contributed by atoms with Crippen LogP contribution in [0.3, 0.4) is 0 Å². The number of nitro groups is 1. The largest absolute Gasteiger partial charge is 0.465 e. The number of nitro benzene ring substituents is 1. The number of hydrogen-bond acceptors (Lipinski definition) is 4. The lowest BCUT2D eigenvalue weighted by Gasteiger charge is -2.28. The highest BCUT2D eigenvalue weighted by Crippen LogP contribution is 2.31. The van der Waals surface area contributed by atoms with Gasteiger partial charge in [-0.05, 0) is 31.4 Å². The Kier molecular flexibility index (Phi) is 5.11. The zero-order valence-corrected chi connectivity index (χ0v) is 13.2. The van der Waals surface area contributed by atoms with E-state index in [0.29, 0.717) is 12.0 Å². The van der Waals surface area contributed by atoms with Crippen LogP contribution in [0.4, 0.5) is 5.69 Å². The van der Waals surface area contributed by atoms with Gasteiger partial charge in [-0.15, -0.1) is 0 Å². The van der Waals surface area contributed by atoms with E-state index in [-0.39, 0.29) is 18.3 Å². The van der Waals surface area contributed by atoms with E-state index in [9.17, 15) is 14.9 Å². The smallest absolute Gasteiger partial charge is 0.316 e. The molecular formula is C18H19NO4. The van der Waals surface area contributed by atoms with Gasteiger partial charge in [-0.2, -0.15) is 0 Å². The summed E-state index contributed by atoms with van der Waals surface area (Å²) in [6, 6.07) is 15.7. The molecule has 5 nitrogen and oxygen atoms in total. The Morgan fingerprint density at radius 1 is 1.13 bits per heavy atom. The van der Waals surface area contributed by atoms with Crippen LogP contribution in [0.1, 0.15) is 25.0 Å². The molecular weight excluding hydrogens is 294 g/mol. The van der Waals surface area contributed by atoms with Crippen LogP contribution in [0.2, 0.25) is 0 Å². The van der Waals surface area contributed by atoms with Crippen LogP contribution in [0.15, 0.2) is 54.6 Å². The van der Waals surface area contributed by atoms with Crippen LogP contribution >= 0.6 is 0 Å². The third-order valence-corrected chi connectivity index (χ3v) is 3.84. The maximum Gasteiger partial charge on any atom is 0.316 e. The van der Waals surface area contributed by atoms with Crippen molar-refractivity contribution in [2.24, 2.45) is 0 Å². The number of esters is 1. The van der Waals surface area contributed by atoms with Crippen molar-refractivity contribution in [3.63, 3.8) is 0 Å². The number of hydrogen-bond donors (Lipinski definition) is 0. The molecule has 1 atom stereocenters. The normalized spacial score (nSPS) is 13.1.